The Hall–Kier alpha value is -1.83. The van der Waals surface area contributed by atoms with Crippen LogP contribution in [0.15, 0.2) is 18.2 Å². The molecule has 0 aliphatic rings. The van der Waals surface area contributed by atoms with Crippen molar-refractivity contribution in [2.24, 2.45) is 0 Å². The fourth-order valence-corrected chi connectivity index (χ4v) is 8.81. The molecule has 0 spiro atoms. The third-order valence-corrected chi connectivity index (χ3v) is 9.83. The number of hydrogen-bond acceptors (Lipinski definition) is 3. The molecule has 0 amide bonds. The van der Waals surface area contributed by atoms with Crippen molar-refractivity contribution >= 4 is 15.0 Å². The van der Waals surface area contributed by atoms with Gasteiger partial charge in [0.1, 0.15) is 0 Å². The Bertz CT molecular complexity index is 715. The van der Waals surface area contributed by atoms with E-state index in [4.69, 9.17) is 15.3 Å². The number of aryl methyl sites for hydroxylation is 6. The first-order chi connectivity index (χ1) is 10.4. The summed E-state index contributed by atoms with van der Waals surface area (Å²) in [5.74, 6) is 0. The topological polar surface area (TPSA) is 53.5 Å². The van der Waals surface area contributed by atoms with Gasteiger partial charge in [0, 0.05) is 0 Å². The first-order valence-corrected chi connectivity index (χ1v) is 10.7. The molecule has 7 heteroatoms. The molecule has 0 saturated heterocycles. The average Bonchev–Trinajstić information content (AvgIpc) is 3.02. The van der Waals surface area contributed by atoms with Gasteiger partial charge in [0.2, 0.25) is 0 Å². The van der Waals surface area contributed by atoms with Crippen LogP contribution < -0.4 is 0 Å². The first-order valence-electron chi connectivity index (χ1n) is 7.45. The molecule has 0 fully saturated rings. The van der Waals surface area contributed by atoms with Gasteiger partial charge in [-0.3, -0.25) is 0 Å². The molecule has 0 aliphatic carbocycles. The third kappa shape index (κ3) is 2.51. The van der Waals surface area contributed by atoms with Crippen molar-refractivity contribution < 1.29 is 0 Å². The van der Waals surface area contributed by atoms with Crippen LogP contribution >= 0.6 is 0 Å². The summed E-state index contributed by atoms with van der Waals surface area (Å²) < 4.78 is 6.50. The van der Waals surface area contributed by atoms with Crippen molar-refractivity contribution in [1.82, 2.24) is 26.2 Å². The minimum absolute atomic E-state index is 1.04. The quantitative estimate of drug-likeness (QED) is 0.671. The van der Waals surface area contributed by atoms with E-state index >= 15 is 0 Å². The van der Waals surface area contributed by atoms with Crippen LogP contribution in [0.2, 0.25) is 0 Å². The van der Waals surface area contributed by atoms with Gasteiger partial charge in [-0.25, -0.2) is 0 Å². The number of hydrogen-bond donors (Lipinski definition) is 0. The van der Waals surface area contributed by atoms with E-state index in [1.54, 1.807) is 0 Å². The van der Waals surface area contributed by atoms with Crippen LogP contribution in [-0.4, -0.2) is 41.2 Å². The van der Waals surface area contributed by atoms with Crippen LogP contribution in [0, 0.1) is 41.5 Å². The van der Waals surface area contributed by atoms with Gasteiger partial charge in [-0.1, -0.05) is 0 Å². The molecular formula is C15H22GeN6. The van der Waals surface area contributed by atoms with E-state index in [0.29, 0.717) is 0 Å². The van der Waals surface area contributed by atoms with Crippen molar-refractivity contribution in [3.63, 3.8) is 0 Å². The fraction of sp³-hybridized carbons (Fsp3) is 0.400. The molecule has 0 aliphatic heterocycles. The SMILES string of the molecule is Cc1cc(C)[n]([GeH]([n]2nc(C)cc2C)[n]2nc(C)cc2C)n1. The molecule has 6 nitrogen and oxygen atoms in total. The van der Waals surface area contributed by atoms with Crippen molar-refractivity contribution in [2.45, 2.75) is 41.5 Å². The fourth-order valence-electron chi connectivity index (χ4n) is 2.95. The van der Waals surface area contributed by atoms with Gasteiger partial charge in [0.05, 0.1) is 0 Å². The van der Waals surface area contributed by atoms with E-state index in [1.165, 1.54) is 17.1 Å². The van der Waals surface area contributed by atoms with Gasteiger partial charge in [0.15, 0.2) is 0 Å². The molecule has 0 atom stereocenters. The van der Waals surface area contributed by atoms with E-state index in [-0.39, 0.29) is 0 Å². The van der Waals surface area contributed by atoms with Crippen LogP contribution in [0.4, 0.5) is 0 Å². The molecule has 3 aromatic rings. The Morgan fingerprint density at radius 3 is 1.05 bits per heavy atom. The summed E-state index contributed by atoms with van der Waals surface area (Å²) >= 11 is -2.55. The number of rotatable bonds is 3. The molecule has 0 aromatic carbocycles. The molecule has 22 heavy (non-hydrogen) atoms. The molecule has 0 unspecified atom stereocenters. The Morgan fingerprint density at radius 1 is 0.591 bits per heavy atom. The van der Waals surface area contributed by atoms with Crippen LogP contribution in [0.5, 0.6) is 0 Å². The van der Waals surface area contributed by atoms with Crippen LogP contribution in [0.1, 0.15) is 34.2 Å². The van der Waals surface area contributed by atoms with Crippen molar-refractivity contribution in [1.29, 1.82) is 0 Å². The van der Waals surface area contributed by atoms with Gasteiger partial charge in [-0.05, 0) is 0 Å². The van der Waals surface area contributed by atoms with Gasteiger partial charge >= 0.3 is 135 Å². The average molecular weight is 359 g/mol. The van der Waals surface area contributed by atoms with E-state index in [2.05, 4.69) is 49.9 Å². The number of nitrogens with zero attached hydrogens (tertiary/aromatic N) is 6. The molecule has 116 valence electrons. The summed E-state index contributed by atoms with van der Waals surface area (Å²) in [5, 5.41) is 14.2. The molecule has 0 saturated carbocycles. The summed E-state index contributed by atoms with van der Waals surface area (Å²) in [4.78, 5) is 0. The summed E-state index contributed by atoms with van der Waals surface area (Å²) in [6.07, 6.45) is 0. The molecule has 3 heterocycles. The second-order valence-electron chi connectivity index (χ2n) is 5.96. The van der Waals surface area contributed by atoms with E-state index in [0.717, 1.165) is 17.1 Å². The second kappa shape index (κ2) is 5.42. The van der Waals surface area contributed by atoms with Crippen molar-refractivity contribution in [2.75, 3.05) is 0 Å². The third-order valence-electron chi connectivity index (χ3n) is 3.79. The summed E-state index contributed by atoms with van der Waals surface area (Å²) in [6, 6.07) is 6.36. The van der Waals surface area contributed by atoms with E-state index < -0.39 is 15.0 Å². The van der Waals surface area contributed by atoms with Crippen molar-refractivity contribution in [3.05, 3.63) is 52.4 Å². The molecule has 0 radical (unpaired) electrons. The maximum atomic E-state index is 4.74. The Morgan fingerprint density at radius 2 is 0.864 bits per heavy atom. The Kier molecular flexibility index (Phi) is 3.72. The van der Waals surface area contributed by atoms with Gasteiger partial charge in [-0.15, -0.1) is 0 Å². The predicted molar refractivity (Wildman–Crippen MR) is 88.4 cm³/mol. The normalized spacial score (nSPS) is 11.6. The van der Waals surface area contributed by atoms with Crippen LogP contribution in [-0.2, 0) is 0 Å². The zero-order chi connectivity index (χ0) is 16.0. The standard InChI is InChI=1S/C15H22GeN6/c1-10-7-13(4)20(17-10)16(21-14(5)8-11(2)18-21)22-15(6)9-12(3)19-22/h7-9,16H,1-6H3. The molecule has 3 rings (SSSR count). The van der Waals surface area contributed by atoms with Gasteiger partial charge in [0.25, 0.3) is 0 Å². The predicted octanol–water partition coefficient (Wildman–Crippen LogP) is 1.79. The minimum atomic E-state index is -2.55. The number of aromatic nitrogens is 6. The van der Waals surface area contributed by atoms with Gasteiger partial charge < -0.3 is 0 Å². The van der Waals surface area contributed by atoms with Crippen LogP contribution in [0.3, 0.4) is 0 Å². The zero-order valence-corrected chi connectivity index (χ0v) is 16.4. The molecule has 3 aromatic heterocycles. The summed E-state index contributed by atoms with van der Waals surface area (Å²) in [6.45, 7) is 12.4. The van der Waals surface area contributed by atoms with Gasteiger partial charge in [-0.2, -0.15) is 0 Å². The Balaban J connectivity index is 2.25. The Labute approximate surface area is 135 Å². The molecule has 0 N–H and O–H groups in total. The molecule has 0 bridgehead atoms. The summed E-state index contributed by atoms with van der Waals surface area (Å²) in [5.41, 5.74) is 6.62. The monoisotopic (exact) mass is 360 g/mol. The van der Waals surface area contributed by atoms with Crippen LogP contribution in [0.25, 0.3) is 0 Å². The van der Waals surface area contributed by atoms with Crippen molar-refractivity contribution in [3.8, 4) is 0 Å². The first kappa shape index (κ1) is 15.1. The zero-order valence-electron chi connectivity index (χ0n) is 14.0. The van der Waals surface area contributed by atoms with E-state index in [9.17, 15) is 0 Å². The van der Waals surface area contributed by atoms with E-state index in [1.807, 2.05) is 20.8 Å². The second-order valence-corrected chi connectivity index (χ2v) is 10.5. The maximum absolute atomic E-state index is 4.74. The molecular weight excluding hydrogens is 337 g/mol. The summed E-state index contributed by atoms with van der Waals surface area (Å²) in [7, 11) is 0.